The minimum absolute atomic E-state index is 0.0325. The molecule has 192 valence electrons. The smallest absolute Gasteiger partial charge is 0.200 e. The van der Waals surface area contributed by atoms with Gasteiger partial charge in [0.1, 0.15) is 24.0 Å². The van der Waals surface area contributed by atoms with Crippen LogP contribution in [0.25, 0.3) is 22.1 Å². The lowest BCUT2D eigenvalue weighted by molar-refractivity contribution is 0.176. The summed E-state index contributed by atoms with van der Waals surface area (Å²) in [5.41, 5.74) is 5.42. The van der Waals surface area contributed by atoms with Crippen molar-refractivity contribution in [2.75, 3.05) is 13.1 Å². The average Bonchev–Trinajstić information content (AvgIpc) is 3.28. The van der Waals surface area contributed by atoms with Gasteiger partial charge in [0, 0.05) is 20.1 Å². The fourth-order valence-electron chi connectivity index (χ4n) is 6.85. The first-order valence-electron chi connectivity index (χ1n) is 13.6. The second-order valence-electron chi connectivity index (χ2n) is 11.7. The third kappa shape index (κ3) is 4.21. The van der Waals surface area contributed by atoms with Crippen molar-refractivity contribution in [1.82, 2.24) is 19.7 Å². The normalized spacial score (nSPS) is 24.3. The van der Waals surface area contributed by atoms with E-state index in [0.717, 1.165) is 55.3 Å². The van der Waals surface area contributed by atoms with E-state index in [1.54, 1.807) is 12.6 Å². The van der Waals surface area contributed by atoms with Crippen LogP contribution in [0.1, 0.15) is 62.0 Å². The first-order chi connectivity index (χ1) is 17.8. The molecular weight excluding hydrogens is 460 g/mol. The molecule has 3 heterocycles. The van der Waals surface area contributed by atoms with Gasteiger partial charge in [0.15, 0.2) is 0 Å². The topological polar surface area (TPSA) is 64.2 Å². The van der Waals surface area contributed by atoms with E-state index < -0.39 is 0 Å². The van der Waals surface area contributed by atoms with Crippen molar-refractivity contribution in [3.63, 3.8) is 0 Å². The number of aromatic nitrogens is 3. The number of fused-ring (bicyclic) bond motifs is 1. The average molecular weight is 497 g/mol. The molecule has 0 amide bonds. The Morgan fingerprint density at radius 3 is 2.70 bits per heavy atom. The van der Waals surface area contributed by atoms with Crippen LogP contribution >= 0.6 is 0 Å². The summed E-state index contributed by atoms with van der Waals surface area (Å²) in [7, 11) is 2.01. The Kier molecular flexibility index (Phi) is 6.03. The van der Waals surface area contributed by atoms with Gasteiger partial charge in [-0.2, -0.15) is 0 Å². The molecule has 0 spiro atoms. The molecule has 37 heavy (non-hydrogen) atoms. The fraction of sp³-hybridized carbons (Fsp3) is 0.452. The number of benzene rings is 2. The summed E-state index contributed by atoms with van der Waals surface area (Å²) in [6.07, 6.45) is 7.99. The molecule has 0 N–H and O–H groups in total. The predicted molar refractivity (Wildman–Crippen MR) is 147 cm³/mol. The SMILES string of the molecule is Cc1cc(CN2CCC[C@H](C)C2)cc2c(=O)c(-c3cccc(C4(c5nncn5C)CC(C)C4)c3)coc12. The van der Waals surface area contributed by atoms with Crippen LogP contribution in [0.3, 0.4) is 0 Å². The van der Waals surface area contributed by atoms with Crippen molar-refractivity contribution < 1.29 is 4.42 Å². The summed E-state index contributed by atoms with van der Waals surface area (Å²) < 4.78 is 8.13. The molecule has 2 aromatic heterocycles. The van der Waals surface area contributed by atoms with Crippen LogP contribution in [0.4, 0.5) is 0 Å². The van der Waals surface area contributed by atoms with Crippen LogP contribution in [-0.2, 0) is 19.0 Å². The molecule has 1 saturated carbocycles. The zero-order valence-electron chi connectivity index (χ0n) is 22.3. The number of piperidine rings is 1. The number of likely N-dealkylation sites (tertiary alicyclic amines) is 1. The van der Waals surface area contributed by atoms with Gasteiger partial charge in [-0.15, -0.1) is 10.2 Å². The zero-order valence-corrected chi connectivity index (χ0v) is 22.3. The largest absolute Gasteiger partial charge is 0.463 e. The van der Waals surface area contributed by atoms with Gasteiger partial charge in [-0.05, 0) is 85.4 Å². The number of hydrogen-bond acceptors (Lipinski definition) is 5. The Balaban J connectivity index is 1.39. The maximum atomic E-state index is 13.9. The van der Waals surface area contributed by atoms with Crippen LogP contribution in [0.15, 0.2) is 58.2 Å². The van der Waals surface area contributed by atoms with Crippen molar-refractivity contribution in [1.29, 1.82) is 0 Å². The third-order valence-corrected chi connectivity index (χ3v) is 8.53. The predicted octanol–water partition coefficient (Wildman–Crippen LogP) is 5.84. The number of nitrogens with zero attached hydrogens (tertiary/aromatic N) is 4. The highest BCUT2D eigenvalue weighted by atomic mass is 16.3. The second-order valence-corrected chi connectivity index (χ2v) is 11.7. The van der Waals surface area contributed by atoms with Crippen molar-refractivity contribution in [3.05, 3.63) is 81.7 Å². The maximum absolute atomic E-state index is 13.9. The maximum Gasteiger partial charge on any atom is 0.200 e. The van der Waals surface area contributed by atoms with Gasteiger partial charge in [0.25, 0.3) is 0 Å². The van der Waals surface area contributed by atoms with Gasteiger partial charge in [-0.1, -0.05) is 38.1 Å². The van der Waals surface area contributed by atoms with Gasteiger partial charge in [0.05, 0.1) is 16.4 Å². The minimum atomic E-state index is -0.174. The Morgan fingerprint density at radius 1 is 1.14 bits per heavy atom. The Bertz CT molecular complexity index is 1510. The van der Waals surface area contributed by atoms with Crippen LogP contribution in [0.2, 0.25) is 0 Å². The van der Waals surface area contributed by atoms with E-state index in [1.807, 2.05) is 24.6 Å². The second kappa shape index (κ2) is 9.25. The van der Waals surface area contributed by atoms with E-state index in [0.29, 0.717) is 22.5 Å². The zero-order chi connectivity index (χ0) is 25.7. The highest BCUT2D eigenvalue weighted by molar-refractivity contribution is 5.84. The van der Waals surface area contributed by atoms with Crippen LogP contribution in [0, 0.1) is 18.8 Å². The quantitative estimate of drug-likeness (QED) is 0.347. The molecule has 0 radical (unpaired) electrons. The molecular formula is C31H36N4O2. The lowest BCUT2D eigenvalue weighted by Gasteiger charge is -2.46. The molecule has 2 fully saturated rings. The summed E-state index contributed by atoms with van der Waals surface area (Å²) in [6, 6.07) is 12.6. The van der Waals surface area contributed by atoms with Crippen LogP contribution in [-0.4, -0.2) is 32.8 Å². The summed E-state index contributed by atoms with van der Waals surface area (Å²) in [5.74, 6) is 2.33. The van der Waals surface area contributed by atoms with Crippen LogP contribution in [0.5, 0.6) is 0 Å². The molecule has 2 aromatic carbocycles. The van der Waals surface area contributed by atoms with Crippen molar-refractivity contribution in [2.24, 2.45) is 18.9 Å². The van der Waals surface area contributed by atoms with E-state index in [1.165, 1.54) is 24.0 Å². The lowest BCUT2D eigenvalue weighted by Crippen LogP contribution is -2.43. The molecule has 4 aromatic rings. The highest BCUT2D eigenvalue weighted by Gasteiger charge is 2.48. The van der Waals surface area contributed by atoms with Crippen molar-refractivity contribution in [3.8, 4) is 11.1 Å². The van der Waals surface area contributed by atoms with Gasteiger partial charge in [0.2, 0.25) is 5.43 Å². The molecule has 1 atom stereocenters. The molecule has 1 aliphatic heterocycles. The lowest BCUT2D eigenvalue weighted by atomic mass is 9.58. The third-order valence-electron chi connectivity index (χ3n) is 8.53. The number of rotatable bonds is 5. The van der Waals surface area contributed by atoms with Gasteiger partial charge < -0.3 is 8.98 Å². The molecule has 1 aliphatic carbocycles. The molecule has 0 bridgehead atoms. The summed E-state index contributed by atoms with van der Waals surface area (Å²) in [5, 5.41) is 9.31. The fourth-order valence-corrected chi connectivity index (χ4v) is 6.85. The van der Waals surface area contributed by atoms with E-state index in [2.05, 4.69) is 59.3 Å². The summed E-state index contributed by atoms with van der Waals surface area (Å²) in [6.45, 7) is 9.75. The molecule has 6 nitrogen and oxygen atoms in total. The first kappa shape index (κ1) is 24.1. The molecule has 1 saturated heterocycles. The minimum Gasteiger partial charge on any atom is -0.463 e. The summed E-state index contributed by atoms with van der Waals surface area (Å²) >= 11 is 0. The van der Waals surface area contributed by atoms with Crippen molar-refractivity contribution in [2.45, 2.75) is 58.4 Å². The Morgan fingerprint density at radius 2 is 1.97 bits per heavy atom. The molecule has 0 unspecified atom stereocenters. The van der Waals surface area contributed by atoms with Crippen molar-refractivity contribution >= 4 is 11.0 Å². The highest BCUT2D eigenvalue weighted by Crippen LogP contribution is 2.51. The summed E-state index contributed by atoms with van der Waals surface area (Å²) in [4.78, 5) is 16.4. The Hall–Kier alpha value is -3.25. The molecule has 6 heteroatoms. The van der Waals surface area contributed by atoms with Crippen LogP contribution < -0.4 is 5.43 Å². The molecule has 6 rings (SSSR count). The number of aryl methyl sites for hydroxylation is 2. The monoisotopic (exact) mass is 496 g/mol. The number of hydrogen-bond donors (Lipinski definition) is 0. The standard InChI is InChI=1S/C31H36N4O2/c1-20-7-6-10-35(16-20)17-23-11-22(3)29-26(12-23)28(36)27(18-37-29)24-8-5-9-25(13-24)31(14-21(2)15-31)30-33-32-19-34(30)4/h5,8-9,11-13,18-21H,6-7,10,14-17H2,1-4H3/t20-,21?,31?/m0/s1. The van der Waals surface area contributed by atoms with Gasteiger partial charge in [-0.25, -0.2) is 0 Å². The molecule has 2 aliphatic rings. The van der Waals surface area contributed by atoms with E-state index >= 15 is 0 Å². The van der Waals surface area contributed by atoms with Gasteiger partial charge >= 0.3 is 0 Å². The van der Waals surface area contributed by atoms with Gasteiger partial charge in [-0.3, -0.25) is 9.69 Å². The van der Waals surface area contributed by atoms with E-state index in [4.69, 9.17) is 4.42 Å². The first-order valence-corrected chi connectivity index (χ1v) is 13.6. The van der Waals surface area contributed by atoms with E-state index in [9.17, 15) is 4.79 Å². The Labute approximate surface area is 218 Å². The van der Waals surface area contributed by atoms with E-state index in [-0.39, 0.29) is 10.8 Å².